The first-order valence-electron chi connectivity index (χ1n) is 7.63. The van der Waals surface area contributed by atoms with Crippen LogP contribution in [-0.4, -0.2) is 29.1 Å². The lowest BCUT2D eigenvalue weighted by Crippen LogP contribution is -2.67. The molecule has 0 unspecified atom stereocenters. The van der Waals surface area contributed by atoms with Gasteiger partial charge in [0, 0.05) is 30.7 Å². The van der Waals surface area contributed by atoms with Crippen molar-refractivity contribution < 1.29 is 0 Å². The van der Waals surface area contributed by atoms with Crippen LogP contribution < -0.4 is 5.32 Å². The number of nitrogens with zero attached hydrogens (tertiary/aromatic N) is 1. The van der Waals surface area contributed by atoms with Gasteiger partial charge in [-0.15, -0.1) is 0 Å². The minimum absolute atomic E-state index is 0.234. The lowest BCUT2D eigenvalue weighted by atomic mass is 9.87. The molecule has 1 spiro atoms. The van der Waals surface area contributed by atoms with E-state index in [1.54, 1.807) is 0 Å². The molecule has 1 aromatic carbocycles. The van der Waals surface area contributed by atoms with E-state index in [2.05, 4.69) is 54.4 Å². The third kappa shape index (κ3) is 3.01. The summed E-state index contributed by atoms with van der Waals surface area (Å²) in [4.78, 5) is 2.65. The molecule has 0 amide bonds. The Morgan fingerprint density at radius 3 is 2.42 bits per heavy atom. The predicted molar refractivity (Wildman–Crippen MR) is 80.1 cm³/mol. The molecule has 1 saturated heterocycles. The van der Waals surface area contributed by atoms with E-state index in [-0.39, 0.29) is 5.54 Å². The van der Waals surface area contributed by atoms with Gasteiger partial charge in [0.2, 0.25) is 0 Å². The lowest BCUT2D eigenvalue weighted by molar-refractivity contribution is 0.0573. The molecule has 19 heavy (non-hydrogen) atoms. The van der Waals surface area contributed by atoms with E-state index < -0.39 is 0 Å². The first-order chi connectivity index (χ1) is 9.07. The zero-order chi connectivity index (χ0) is 13.3. The zero-order valence-corrected chi connectivity index (χ0v) is 12.3. The van der Waals surface area contributed by atoms with Crippen LogP contribution in [0.3, 0.4) is 0 Å². The molecule has 0 atom stereocenters. The maximum Gasteiger partial charge on any atom is 0.0314 e. The van der Waals surface area contributed by atoms with Crippen molar-refractivity contribution >= 4 is 0 Å². The van der Waals surface area contributed by atoms with E-state index in [0.717, 1.165) is 13.1 Å². The monoisotopic (exact) mass is 258 g/mol. The van der Waals surface area contributed by atoms with Crippen molar-refractivity contribution in [2.45, 2.75) is 57.2 Å². The smallest absolute Gasteiger partial charge is 0.0314 e. The highest BCUT2D eigenvalue weighted by Gasteiger charge is 2.43. The Bertz CT molecular complexity index is 418. The Morgan fingerprint density at radius 1 is 1.05 bits per heavy atom. The van der Waals surface area contributed by atoms with E-state index in [4.69, 9.17) is 0 Å². The summed E-state index contributed by atoms with van der Waals surface area (Å²) in [7, 11) is 0. The fourth-order valence-electron chi connectivity index (χ4n) is 4.13. The summed E-state index contributed by atoms with van der Waals surface area (Å²) in [5.41, 5.74) is 2.06. The zero-order valence-electron chi connectivity index (χ0n) is 12.3. The van der Waals surface area contributed by atoms with Crippen LogP contribution in [0.4, 0.5) is 0 Å². The van der Waals surface area contributed by atoms with E-state index >= 15 is 0 Å². The Labute approximate surface area is 117 Å². The number of piperazine rings is 1. The third-order valence-corrected chi connectivity index (χ3v) is 4.56. The maximum absolute atomic E-state index is 3.94. The van der Waals surface area contributed by atoms with Crippen molar-refractivity contribution in [3.05, 3.63) is 35.9 Å². The van der Waals surface area contributed by atoms with Gasteiger partial charge >= 0.3 is 0 Å². The van der Waals surface area contributed by atoms with Crippen molar-refractivity contribution in [1.82, 2.24) is 10.2 Å². The fourth-order valence-corrected chi connectivity index (χ4v) is 4.13. The van der Waals surface area contributed by atoms with Crippen molar-refractivity contribution in [3.63, 3.8) is 0 Å². The van der Waals surface area contributed by atoms with Gasteiger partial charge in [0.1, 0.15) is 0 Å². The van der Waals surface area contributed by atoms with Crippen molar-refractivity contribution in [1.29, 1.82) is 0 Å². The molecule has 0 radical (unpaired) electrons. The Kier molecular flexibility index (Phi) is 3.40. The average molecular weight is 258 g/mol. The molecule has 1 aliphatic carbocycles. The SMILES string of the molecule is CC1(C)CN(Cc2ccccc2)CC2(CCCC2)N1. The van der Waals surface area contributed by atoms with E-state index in [1.165, 1.54) is 37.8 Å². The number of benzene rings is 1. The lowest BCUT2D eigenvalue weighted by Gasteiger charge is -2.50. The Morgan fingerprint density at radius 2 is 1.74 bits per heavy atom. The molecule has 2 heteroatoms. The molecule has 2 fully saturated rings. The molecule has 1 heterocycles. The normalized spacial score (nSPS) is 25.8. The first-order valence-corrected chi connectivity index (χ1v) is 7.63. The van der Waals surface area contributed by atoms with Crippen LogP contribution in [0.1, 0.15) is 45.1 Å². The van der Waals surface area contributed by atoms with Crippen molar-refractivity contribution in [2.75, 3.05) is 13.1 Å². The summed E-state index contributed by atoms with van der Waals surface area (Å²) in [6, 6.07) is 10.9. The van der Waals surface area contributed by atoms with Gasteiger partial charge < -0.3 is 5.32 Å². The largest absolute Gasteiger partial charge is 0.304 e. The second-order valence-electron chi connectivity index (χ2n) is 7.13. The summed E-state index contributed by atoms with van der Waals surface area (Å²) in [5.74, 6) is 0. The molecule has 0 bridgehead atoms. The third-order valence-electron chi connectivity index (χ3n) is 4.56. The highest BCUT2D eigenvalue weighted by molar-refractivity contribution is 5.15. The van der Waals surface area contributed by atoms with Gasteiger partial charge in [0.05, 0.1) is 0 Å². The number of rotatable bonds is 2. The molecule has 2 nitrogen and oxygen atoms in total. The van der Waals surface area contributed by atoms with Crippen LogP contribution in [0.5, 0.6) is 0 Å². The maximum atomic E-state index is 3.94. The van der Waals surface area contributed by atoms with Crippen LogP contribution in [0.25, 0.3) is 0 Å². The first kappa shape index (κ1) is 13.1. The minimum Gasteiger partial charge on any atom is -0.304 e. The number of hydrogen-bond donors (Lipinski definition) is 1. The van der Waals surface area contributed by atoms with Crippen LogP contribution >= 0.6 is 0 Å². The van der Waals surface area contributed by atoms with Crippen LogP contribution in [0.2, 0.25) is 0 Å². The summed E-state index contributed by atoms with van der Waals surface area (Å²) in [6.45, 7) is 8.15. The van der Waals surface area contributed by atoms with E-state index in [0.29, 0.717) is 5.54 Å². The van der Waals surface area contributed by atoms with E-state index in [9.17, 15) is 0 Å². The summed E-state index contributed by atoms with van der Waals surface area (Å²) >= 11 is 0. The summed E-state index contributed by atoms with van der Waals surface area (Å²) in [5, 5.41) is 3.94. The highest BCUT2D eigenvalue weighted by atomic mass is 15.3. The molecule has 1 N–H and O–H groups in total. The van der Waals surface area contributed by atoms with Crippen LogP contribution in [-0.2, 0) is 6.54 Å². The fraction of sp³-hybridized carbons (Fsp3) is 0.647. The minimum atomic E-state index is 0.234. The molecular formula is C17H26N2. The van der Waals surface area contributed by atoms with Gasteiger partial charge in [-0.05, 0) is 32.3 Å². The molecular weight excluding hydrogens is 232 g/mol. The van der Waals surface area contributed by atoms with Gasteiger partial charge in [-0.1, -0.05) is 43.2 Å². The van der Waals surface area contributed by atoms with E-state index in [1.807, 2.05) is 0 Å². The number of hydrogen-bond acceptors (Lipinski definition) is 2. The summed E-state index contributed by atoms with van der Waals surface area (Å²) in [6.07, 6.45) is 5.48. The average Bonchev–Trinajstić information content (AvgIpc) is 2.75. The van der Waals surface area contributed by atoms with Crippen molar-refractivity contribution in [3.8, 4) is 0 Å². The van der Waals surface area contributed by atoms with Crippen LogP contribution in [0, 0.1) is 0 Å². The predicted octanol–water partition coefficient (Wildman–Crippen LogP) is 3.18. The molecule has 0 aromatic heterocycles. The molecule has 104 valence electrons. The van der Waals surface area contributed by atoms with Gasteiger partial charge in [0.15, 0.2) is 0 Å². The summed E-state index contributed by atoms with van der Waals surface area (Å²) < 4.78 is 0. The van der Waals surface area contributed by atoms with Gasteiger partial charge in [0.25, 0.3) is 0 Å². The van der Waals surface area contributed by atoms with Crippen molar-refractivity contribution in [2.24, 2.45) is 0 Å². The molecule has 2 aliphatic rings. The topological polar surface area (TPSA) is 15.3 Å². The quantitative estimate of drug-likeness (QED) is 0.876. The van der Waals surface area contributed by atoms with Gasteiger partial charge in [-0.3, -0.25) is 4.90 Å². The second kappa shape index (κ2) is 4.92. The molecule has 1 aromatic rings. The molecule has 3 rings (SSSR count). The molecule has 1 saturated carbocycles. The standard InChI is InChI=1S/C17H26N2/c1-16(2)13-19(12-15-8-4-3-5-9-15)14-17(18-16)10-6-7-11-17/h3-5,8-9,18H,6-7,10-14H2,1-2H3. The van der Waals surface area contributed by atoms with Crippen LogP contribution in [0.15, 0.2) is 30.3 Å². The Hall–Kier alpha value is -0.860. The van der Waals surface area contributed by atoms with Gasteiger partial charge in [-0.2, -0.15) is 0 Å². The second-order valence-corrected chi connectivity index (χ2v) is 7.13. The molecule has 1 aliphatic heterocycles. The number of nitrogens with one attached hydrogen (secondary N) is 1. The highest BCUT2D eigenvalue weighted by Crippen LogP contribution is 2.35. The Balaban J connectivity index is 1.74. The van der Waals surface area contributed by atoms with Gasteiger partial charge in [-0.25, -0.2) is 0 Å².